The molecule has 0 fully saturated rings. The maximum Gasteiger partial charge on any atom is 0.239 e. The number of benzene rings is 2. The van der Waals surface area contributed by atoms with E-state index in [-0.39, 0.29) is 19.0 Å². The number of fused-ring (bicyclic) bond motifs is 1. The lowest BCUT2D eigenvalue weighted by Crippen LogP contribution is -2.37. The number of nitrogens with one attached hydrogen (secondary N) is 1. The van der Waals surface area contributed by atoms with Gasteiger partial charge in [0, 0.05) is 6.54 Å². The van der Waals surface area contributed by atoms with E-state index in [1.807, 2.05) is 0 Å². The van der Waals surface area contributed by atoms with Crippen LogP contribution in [0.15, 0.2) is 42.5 Å². The quantitative estimate of drug-likeness (QED) is 0.828. The Morgan fingerprint density at radius 2 is 1.92 bits per heavy atom. The molecule has 0 saturated carbocycles. The molecule has 26 heavy (non-hydrogen) atoms. The van der Waals surface area contributed by atoms with Gasteiger partial charge in [-0.05, 0) is 29.8 Å². The summed E-state index contributed by atoms with van der Waals surface area (Å²) in [7, 11) is -3.67. The lowest BCUT2D eigenvalue weighted by molar-refractivity contribution is -0.116. The number of amides is 1. The van der Waals surface area contributed by atoms with Gasteiger partial charge in [0.25, 0.3) is 0 Å². The first kappa shape index (κ1) is 18.2. The number of para-hydroxylation sites is 1. The molecular weight excluding hydrogens is 363 g/mol. The molecular formula is C17H17FN2O5S. The summed E-state index contributed by atoms with van der Waals surface area (Å²) in [6.45, 7) is -0.360. The smallest absolute Gasteiger partial charge is 0.239 e. The van der Waals surface area contributed by atoms with Crippen LogP contribution in [0.5, 0.6) is 11.5 Å². The van der Waals surface area contributed by atoms with Crippen molar-refractivity contribution in [2.24, 2.45) is 0 Å². The lowest BCUT2D eigenvalue weighted by Gasteiger charge is -2.20. The minimum absolute atomic E-state index is 0.00553. The van der Waals surface area contributed by atoms with Crippen LogP contribution in [0.2, 0.25) is 0 Å². The molecule has 0 radical (unpaired) electrons. The number of carbonyl (C=O) groups excluding carboxylic acids is 1. The Bertz CT molecular complexity index is 933. The minimum atomic E-state index is -3.67. The second kappa shape index (κ2) is 7.30. The summed E-state index contributed by atoms with van der Waals surface area (Å²) in [4.78, 5) is 12.2. The van der Waals surface area contributed by atoms with Crippen LogP contribution in [0.4, 0.5) is 10.1 Å². The first-order chi connectivity index (χ1) is 12.3. The van der Waals surface area contributed by atoms with E-state index < -0.39 is 28.3 Å². The predicted molar refractivity (Wildman–Crippen MR) is 92.8 cm³/mol. The number of nitrogens with zero attached hydrogens (tertiary/aromatic N) is 1. The topological polar surface area (TPSA) is 84.9 Å². The van der Waals surface area contributed by atoms with E-state index in [2.05, 4.69) is 5.32 Å². The summed E-state index contributed by atoms with van der Waals surface area (Å²) >= 11 is 0. The van der Waals surface area contributed by atoms with Gasteiger partial charge in [0.05, 0.1) is 18.5 Å². The highest BCUT2D eigenvalue weighted by Crippen LogP contribution is 2.32. The van der Waals surface area contributed by atoms with Gasteiger partial charge in [-0.2, -0.15) is 4.31 Å². The first-order valence-corrected chi connectivity index (χ1v) is 9.56. The van der Waals surface area contributed by atoms with Gasteiger partial charge in [0.2, 0.25) is 22.7 Å². The maximum absolute atomic E-state index is 13.6. The van der Waals surface area contributed by atoms with Gasteiger partial charge in [0.1, 0.15) is 5.82 Å². The van der Waals surface area contributed by atoms with E-state index in [9.17, 15) is 17.6 Å². The van der Waals surface area contributed by atoms with Crippen molar-refractivity contribution in [3.05, 3.63) is 53.8 Å². The van der Waals surface area contributed by atoms with E-state index in [1.54, 1.807) is 24.3 Å². The maximum atomic E-state index is 13.6. The Labute approximate surface area is 150 Å². The molecule has 0 bridgehead atoms. The van der Waals surface area contributed by atoms with Gasteiger partial charge < -0.3 is 14.8 Å². The fourth-order valence-electron chi connectivity index (χ4n) is 2.45. The zero-order valence-electron chi connectivity index (χ0n) is 13.9. The number of halogens is 1. The molecule has 0 spiro atoms. The van der Waals surface area contributed by atoms with Gasteiger partial charge >= 0.3 is 0 Å². The van der Waals surface area contributed by atoms with E-state index >= 15 is 0 Å². The zero-order chi connectivity index (χ0) is 18.7. The van der Waals surface area contributed by atoms with Gasteiger partial charge in [0.15, 0.2) is 11.5 Å². The number of hydrogen-bond acceptors (Lipinski definition) is 5. The molecule has 0 aromatic heterocycles. The number of hydrogen-bond donors (Lipinski definition) is 1. The number of sulfonamides is 1. The Hall–Kier alpha value is -2.65. The van der Waals surface area contributed by atoms with E-state index in [0.29, 0.717) is 17.1 Å². The third-order valence-corrected chi connectivity index (χ3v) is 4.93. The van der Waals surface area contributed by atoms with Crippen LogP contribution in [-0.2, 0) is 21.4 Å². The molecule has 9 heteroatoms. The Balaban J connectivity index is 1.72. The normalized spacial score (nSPS) is 13.0. The average Bonchev–Trinajstić information content (AvgIpc) is 3.03. The highest BCUT2D eigenvalue weighted by atomic mass is 32.2. The largest absolute Gasteiger partial charge is 0.454 e. The van der Waals surface area contributed by atoms with E-state index in [4.69, 9.17) is 9.47 Å². The lowest BCUT2D eigenvalue weighted by atomic mass is 10.2. The summed E-state index contributed by atoms with van der Waals surface area (Å²) in [6, 6.07) is 10.7. The summed E-state index contributed by atoms with van der Waals surface area (Å²) < 4.78 is 49.2. The van der Waals surface area contributed by atoms with Crippen molar-refractivity contribution < 1.29 is 27.1 Å². The SMILES string of the molecule is CS(=O)(=O)N(CC(=O)Nc1ccccc1F)Cc1ccc2c(c1)OCO2. The molecule has 1 heterocycles. The standard InChI is InChI=1S/C17H17FN2O5S/c1-26(22,23)20(9-12-6-7-15-16(8-12)25-11-24-15)10-17(21)19-14-5-3-2-4-13(14)18/h2-8H,9-11H2,1H3,(H,19,21). The molecule has 138 valence electrons. The molecule has 7 nitrogen and oxygen atoms in total. The number of anilines is 1. The van der Waals surface area contributed by atoms with Crippen LogP contribution in [0.25, 0.3) is 0 Å². The Morgan fingerprint density at radius 1 is 1.19 bits per heavy atom. The second-order valence-electron chi connectivity index (χ2n) is 5.75. The van der Waals surface area contributed by atoms with Crippen LogP contribution < -0.4 is 14.8 Å². The number of ether oxygens (including phenoxy) is 2. The summed E-state index contributed by atoms with van der Waals surface area (Å²) in [6.07, 6.45) is 1.01. The average molecular weight is 380 g/mol. The van der Waals surface area contributed by atoms with Crippen molar-refractivity contribution in [2.75, 3.05) is 24.9 Å². The van der Waals surface area contributed by atoms with Crippen molar-refractivity contribution in [1.29, 1.82) is 0 Å². The molecule has 0 aliphatic carbocycles. The predicted octanol–water partition coefficient (Wildman–Crippen LogP) is 1.95. The van der Waals surface area contributed by atoms with Crippen molar-refractivity contribution in [1.82, 2.24) is 4.31 Å². The van der Waals surface area contributed by atoms with Gasteiger partial charge in [-0.3, -0.25) is 4.79 Å². The highest BCUT2D eigenvalue weighted by molar-refractivity contribution is 7.88. The number of carbonyl (C=O) groups is 1. The third kappa shape index (κ3) is 4.30. The molecule has 2 aromatic rings. The van der Waals surface area contributed by atoms with Gasteiger partial charge in [-0.1, -0.05) is 18.2 Å². The molecule has 3 rings (SSSR count). The van der Waals surface area contributed by atoms with Crippen LogP contribution in [0.1, 0.15) is 5.56 Å². The van der Waals surface area contributed by atoms with Crippen molar-refractivity contribution in [3.8, 4) is 11.5 Å². The molecule has 1 aliphatic heterocycles. The molecule has 0 atom stereocenters. The van der Waals surface area contributed by atoms with E-state index in [1.165, 1.54) is 18.2 Å². The third-order valence-electron chi connectivity index (χ3n) is 3.73. The highest BCUT2D eigenvalue weighted by Gasteiger charge is 2.22. The van der Waals surface area contributed by atoms with Crippen LogP contribution in [0, 0.1) is 5.82 Å². The second-order valence-corrected chi connectivity index (χ2v) is 7.73. The van der Waals surface area contributed by atoms with Crippen molar-refractivity contribution >= 4 is 21.6 Å². The molecule has 1 aliphatic rings. The zero-order valence-corrected chi connectivity index (χ0v) is 14.8. The monoisotopic (exact) mass is 380 g/mol. The van der Waals surface area contributed by atoms with Crippen LogP contribution in [0.3, 0.4) is 0 Å². The molecule has 0 saturated heterocycles. The summed E-state index contributed by atoms with van der Waals surface area (Å²) in [5.74, 6) is -0.132. The molecule has 1 N–H and O–H groups in total. The van der Waals surface area contributed by atoms with E-state index in [0.717, 1.165) is 10.6 Å². The molecule has 1 amide bonds. The van der Waals surface area contributed by atoms with Gasteiger partial charge in [-0.25, -0.2) is 12.8 Å². The molecule has 0 unspecified atom stereocenters. The fraction of sp³-hybridized carbons (Fsp3) is 0.235. The van der Waals surface area contributed by atoms with Crippen molar-refractivity contribution in [2.45, 2.75) is 6.54 Å². The van der Waals surface area contributed by atoms with Crippen LogP contribution in [-0.4, -0.2) is 38.2 Å². The first-order valence-electron chi connectivity index (χ1n) is 7.71. The van der Waals surface area contributed by atoms with Crippen LogP contribution >= 0.6 is 0 Å². The Morgan fingerprint density at radius 3 is 2.65 bits per heavy atom. The van der Waals surface area contributed by atoms with Crippen molar-refractivity contribution in [3.63, 3.8) is 0 Å². The molecule has 2 aromatic carbocycles. The van der Waals surface area contributed by atoms with Gasteiger partial charge in [-0.15, -0.1) is 0 Å². The minimum Gasteiger partial charge on any atom is -0.454 e. The summed E-state index contributed by atoms with van der Waals surface area (Å²) in [5, 5.41) is 2.38. The number of rotatable bonds is 6. The Kier molecular flexibility index (Phi) is 5.10. The fourth-order valence-corrected chi connectivity index (χ4v) is 3.18. The summed E-state index contributed by atoms with van der Waals surface area (Å²) in [5.41, 5.74) is 0.632.